The van der Waals surface area contributed by atoms with Crippen LogP contribution in [-0.4, -0.2) is 35.4 Å². The van der Waals surface area contributed by atoms with Crippen LogP contribution in [0.1, 0.15) is 37.4 Å². The lowest BCUT2D eigenvalue weighted by atomic mass is 9.79. The van der Waals surface area contributed by atoms with Gasteiger partial charge < -0.3 is 20.3 Å². The molecule has 25 heavy (non-hydrogen) atoms. The summed E-state index contributed by atoms with van der Waals surface area (Å²) in [6.45, 7) is 1.45. The summed E-state index contributed by atoms with van der Waals surface area (Å²) in [7, 11) is -0.889. The highest BCUT2D eigenvalue weighted by atomic mass is 16.5. The zero-order valence-corrected chi connectivity index (χ0v) is 13.6. The van der Waals surface area contributed by atoms with Crippen molar-refractivity contribution in [2.24, 2.45) is 5.73 Å². The van der Waals surface area contributed by atoms with Crippen LogP contribution in [0.4, 0.5) is 0 Å². The Balaban J connectivity index is 1.56. The molecule has 0 atom stereocenters. The van der Waals surface area contributed by atoms with Crippen molar-refractivity contribution in [2.45, 2.75) is 19.6 Å². The molecule has 7 heteroatoms. The molecule has 0 unspecified atom stereocenters. The summed E-state index contributed by atoms with van der Waals surface area (Å²) < 4.78 is 5.20. The summed E-state index contributed by atoms with van der Waals surface area (Å²) in [4.78, 5) is 25.8. The van der Waals surface area contributed by atoms with E-state index in [2.05, 4.69) is 0 Å². The van der Waals surface area contributed by atoms with Crippen molar-refractivity contribution in [3.63, 3.8) is 0 Å². The first kappa shape index (κ1) is 15.9. The van der Waals surface area contributed by atoms with Crippen molar-refractivity contribution >= 4 is 24.4 Å². The van der Waals surface area contributed by atoms with Crippen LogP contribution in [0.5, 0.6) is 0 Å². The van der Waals surface area contributed by atoms with Crippen molar-refractivity contribution in [1.29, 1.82) is 0 Å². The molecule has 3 N–H and O–H groups in total. The third-order valence-electron chi connectivity index (χ3n) is 4.80. The smallest absolute Gasteiger partial charge is 0.423 e. The summed E-state index contributed by atoms with van der Waals surface area (Å²) in [6.07, 6.45) is 0.679. The number of hydrogen-bond donors (Lipinski definition) is 2. The van der Waals surface area contributed by atoms with E-state index in [4.69, 9.17) is 10.4 Å². The SMILES string of the molecule is NC(=O)c1ccc2c(c1)CCN(Cc1ccc3c(c1)B(O)OC3)C2=O. The fourth-order valence-electron chi connectivity index (χ4n) is 3.42. The Bertz CT molecular complexity index is 883. The summed E-state index contributed by atoms with van der Waals surface area (Å²) in [5, 5.41) is 9.82. The normalized spacial score (nSPS) is 16.0. The van der Waals surface area contributed by atoms with Gasteiger partial charge in [-0.05, 0) is 46.8 Å². The molecular weight excluding hydrogens is 319 g/mol. The van der Waals surface area contributed by atoms with Gasteiger partial charge in [-0.3, -0.25) is 9.59 Å². The van der Waals surface area contributed by atoms with Crippen LogP contribution in [-0.2, 0) is 24.2 Å². The Kier molecular flexibility index (Phi) is 3.82. The van der Waals surface area contributed by atoms with E-state index in [1.807, 2.05) is 18.2 Å². The van der Waals surface area contributed by atoms with Crippen LogP contribution in [0.3, 0.4) is 0 Å². The van der Waals surface area contributed by atoms with E-state index < -0.39 is 13.0 Å². The molecule has 0 aliphatic carbocycles. The van der Waals surface area contributed by atoms with Crippen LogP contribution < -0.4 is 11.2 Å². The predicted molar refractivity (Wildman–Crippen MR) is 92.2 cm³/mol. The predicted octanol–water partition coefficient (Wildman–Crippen LogP) is 0.202. The molecule has 2 aliphatic heterocycles. The lowest BCUT2D eigenvalue weighted by Crippen LogP contribution is -2.37. The van der Waals surface area contributed by atoms with Gasteiger partial charge in [0, 0.05) is 24.2 Å². The lowest BCUT2D eigenvalue weighted by Gasteiger charge is -2.29. The molecule has 0 radical (unpaired) electrons. The molecular formula is C18H17BN2O4. The minimum atomic E-state index is -0.889. The van der Waals surface area contributed by atoms with Gasteiger partial charge in [0.1, 0.15) is 0 Å². The molecule has 0 fully saturated rings. The average molecular weight is 336 g/mol. The molecule has 2 aromatic rings. The first-order valence-electron chi connectivity index (χ1n) is 8.16. The highest BCUT2D eigenvalue weighted by molar-refractivity contribution is 6.61. The number of benzene rings is 2. The van der Waals surface area contributed by atoms with E-state index in [9.17, 15) is 14.6 Å². The highest BCUT2D eigenvalue weighted by Gasteiger charge is 2.29. The van der Waals surface area contributed by atoms with Gasteiger partial charge in [0.15, 0.2) is 0 Å². The molecule has 2 amide bonds. The monoisotopic (exact) mass is 336 g/mol. The number of nitrogens with zero attached hydrogens (tertiary/aromatic N) is 1. The third kappa shape index (κ3) is 2.81. The second-order valence-electron chi connectivity index (χ2n) is 6.41. The number of primary amides is 1. The first-order chi connectivity index (χ1) is 12.0. The number of carbonyl (C=O) groups is 2. The van der Waals surface area contributed by atoms with Crippen LogP contribution in [0.15, 0.2) is 36.4 Å². The molecule has 0 bridgehead atoms. The zero-order valence-electron chi connectivity index (χ0n) is 13.6. The van der Waals surface area contributed by atoms with Crippen molar-refractivity contribution in [2.75, 3.05) is 6.54 Å². The standard InChI is InChI=1S/C18H17BN2O4/c20-17(22)13-3-4-15-12(8-13)5-6-21(18(15)23)9-11-1-2-14-10-25-19(24)16(14)7-11/h1-4,7-8,24H,5-6,9-10H2,(H2,20,22). The van der Waals surface area contributed by atoms with Crippen LogP contribution in [0.2, 0.25) is 0 Å². The van der Waals surface area contributed by atoms with Crippen LogP contribution in [0.25, 0.3) is 0 Å². The average Bonchev–Trinajstić information content (AvgIpc) is 2.98. The fraction of sp³-hybridized carbons (Fsp3) is 0.222. The van der Waals surface area contributed by atoms with Crippen LogP contribution >= 0.6 is 0 Å². The van der Waals surface area contributed by atoms with E-state index in [1.54, 1.807) is 23.1 Å². The molecule has 2 aliphatic rings. The van der Waals surface area contributed by atoms with Gasteiger partial charge in [-0.2, -0.15) is 0 Å². The van der Waals surface area contributed by atoms with Gasteiger partial charge in [0.2, 0.25) is 5.91 Å². The Morgan fingerprint density at radius 3 is 2.88 bits per heavy atom. The minimum Gasteiger partial charge on any atom is -0.423 e. The topological polar surface area (TPSA) is 92.9 Å². The fourth-order valence-corrected chi connectivity index (χ4v) is 3.42. The third-order valence-corrected chi connectivity index (χ3v) is 4.80. The maximum Gasteiger partial charge on any atom is 0.491 e. The van der Waals surface area contributed by atoms with Gasteiger partial charge in [0.25, 0.3) is 5.91 Å². The Hall–Kier alpha value is -2.64. The number of rotatable bonds is 3. The van der Waals surface area contributed by atoms with Crippen molar-refractivity contribution in [3.05, 3.63) is 64.2 Å². The maximum absolute atomic E-state index is 12.7. The minimum absolute atomic E-state index is 0.0606. The Labute approximate surface area is 145 Å². The van der Waals surface area contributed by atoms with Gasteiger partial charge in [-0.25, -0.2) is 0 Å². The number of fused-ring (bicyclic) bond motifs is 2. The summed E-state index contributed by atoms with van der Waals surface area (Å²) in [5.74, 6) is -0.550. The quantitative estimate of drug-likeness (QED) is 0.784. The second-order valence-corrected chi connectivity index (χ2v) is 6.41. The highest BCUT2D eigenvalue weighted by Crippen LogP contribution is 2.22. The second kappa shape index (κ2) is 6.02. The van der Waals surface area contributed by atoms with Crippen molar-refractivity contribution in [1.82, 2.24) is 4.90 Å². The first-order valence-corrected chi connectivity index (χ1v) is 8.16. The zero-order chi connectivity index (χ0) is 17.6. The van der Waals surface area contributed by atoms with Gasteiger partial charge in [-0.1, -0.05) is 18.2 Å². The molecule has 0 saturated carbocycles. The van der Waals surface area contributed by atoms with Gasteiger partial charge in [0.05, 0.1) is 6.61 Å². The summed E-state index contributed by atoms with van der Waals surface area (Å²) in [5.41, 5.74) is 9.90. The van der Waals surface area contributed by atoms with E-state index in [0.29, 0.717) is 37.2 Å². The van der Waals surface area contributed by atoms with E-state index in [1.165, 1.54) is 0 Å². The Morgan fingerprint density at radius 2 is 2.08 bits per heavy atom. The van der Waals surface area contributed by atoms with Gasteiger partial charge in [-0.15, -0.1) is 0 Å². The largest absolute Gasteiger partial charge is 0.491 e. The number of nitrogens with two attached hydrogens (primary N) is 1. The van der Waals surface area contributed by atoms with E-state index in [-0.39, 0.29) is 5.91 Å². The lowest BCUT2D eigenvalue weighted by molar-refractivity contribution is 0.0726. The van der Waals surface area contributed by atoms with Crippen LogP contribution in [0, 0.1) is 0 Å². The Morgan fingerprint density at radius 1 is 1.24 bits per heavy atom. The summed E-state index contributed by atoms with van der Waals surface area (Å²) in [6, 6.07) is 10.7. The van der Waals surface area contributed by atoms with Crippen molar-refractivity contribution in [3.8, 4) is 0 Å². The molecule has 0 aromatic heterocycles. The van der Waals surface area contributed by atoms with Crippen molar-refractivity contribution < 1.29 is 19.3 Å². The molecule has 4 rings (SSSR count). The molecule has 0 saturated heterocycles. The molecule has 2 aromatic carbocycles. The summed E-state index contributed by atoms with van der Waals surface area (Å²) >= 11 is 0. The maximum atomic E-state index is 12.7. The van der Waals surface area contributed by atoms with E-state index in [0.717, 1.165) is 22.2 Å². The van der Waals surface area contributed by atoms with E-state index >= 15 is 0 Å². The molecule has 2 heterocycles. The number of amides is 2. The molecule has 126 valence electrons. The molecule has 0 spiro atoms. The molecule has 6 nitrogen and oxygen atoms in total. The van der Waals surface area contributed by atoms with Gasteiger partial charge >= 0.3 is 7.12 Å². The number of hydrogen-bond acceptors (Lipinski definition) is 4. The number of carbonyl (C=O) groups excluding carboxylic acids is 2.